The van der Waals surface area contributed by atoms with E-state index in [1.54, 1.807) is 35.0 Å². The van der Waals surface area contributed by atoms with Crippen LogP contribution in [0.1, 0.15) is 0 Å². The fraction of sp³-hybridized carbons (Fsp3) is 0.207. The number of aromatic nitrogens is 6. The van der Waals surface area contributed by atoms with Crippen molar-refractivity contribution in [2.24, 2.45) is 0 Å². The summed E-state index contributed by atoms with van der Waals surface area (Å²) in [4.78, 5) is 36.0. The highest BCUT2D eigenvalue weighted by Crippen LogP contribution is 2.23. The fourth-order valence-electron chi connectivity index (χ4n) is 4.77. The maximum absolute atomic E-state index is 13.4. The van der Waals surface area contributed by atoms with Crippen LogP contribution in [-0.4, -0.2) is 67.4 Å². The molecule has 0 aliphatic carbocycles. The van der Waals surface area contributed by atoms with Crippen LogP contribution in [0.15, 0.2) is 84.4 Å². The molecule has 0 bridgehead atoms. The van der Waals surface area contributed by atoms with Gasteiger partial charge in [0.25, 0.3) is 5.56 Å². The van der Waals surface area contributed by atoms with E-state index in [0.717, 1.165) is 38.1 Å². The molecule has 0 radical (unpaired) electrons. The lowest BCUT2D eigenvalue weighted by molar-refractivity contribution is 0.313. The average Bonchev–Trinajstić information content (AvgIpc) is 3.25. The molecule has 0 atom stereocenters. The number of allylic oxidation sites excluding steroid dienone is 1. The van der Waals surface area contributed by atoms with Gasteiger partial charge in [0.2, 0.25) is 5.95 Å². The van der Waals surface area contributed by atoms with Crippen molar-refractivity contribution in [2.45, 2.75) is 6.54 Å². The highest BCUT2D eigenvalue weighted by molar-refractivity contribution is 5.77. The van der Waals surface area contributed by atoms with Crippen molar-refractivity contribution < 1.29 is 4.39 Å². The van der Waals surface area contributed by atoms with Gasteiger partial charge in [-0.2, -0.15) is 4.98 Å². The van der Waals surface area contributed by atoms with Crippen molar-refractivity contribution in [1.29, 1.82) is 0 Å². The second-order valence-electron chi connectivity index (χ2n) is 9.62. The van der Waals surface area contributed by atoms with E-state index in [1.165, 1.54) is 22.6 Å². The predicted octanol–water partition coefficient (Wildman–Crippen LogP) is 3.86. The first-order valence-corrected chi connectivity index (χ1v) is 13.0. The first kappa shape index (κ1) is 25.4. The summed E-state index contributed by atoms with van der Waals surface area (Å²) < 4.78 is 16.6. The lowest BCUT2D eigenvalue weighted by atomic mass is 10.2. The predicted molar refractivity (Wildman–Crippen MR) is 154 cm³/mol. The summed E-state index contributed by atoms with van der Waals surface area (Å²) in [6.07, 6.45) is 4.30. The van der Waals surface area contributed by atoms with Gasteiger partial charge in [-0.15, -0.1) is 6.58 Å². The molecular weight excluding hydrogens is 509 g/mol. The quantitative estimate of drug-likeness (QED) is 0.313. The van der Waals surface area contributed by atoms with Gasteiger partial charge in [-0.3, -0.25) is 9.78 Å². The molecule has 1 fully saturated rings. The Labute approximate surface area is 230 Å². The standard InChI is InChI=1S/C29H28FN9O/c1-3-13-38-28(40)23-19-32-29(33-21-8-10-22(11-9-21)37-16-14-36(2)15-17-37)35-27(23)39(38)26-6-4-5-25(34-26)24-12-7-20(30)18-31-24/h3-12,18-19H,1,13-17H2,2H3,(H,32,33,35). The number of anilines is 3. The van der Waals surface area contributed by atoms with E-state index in [0.29, 0.717) is 34.2 Å². The molecule has 40 heavy (non-hydrogen) atoms. The van der Waals surface area contributed by atoms with Crippen LogP contribution in [-0.2, 0) is 6.54 Å². The van der Waals surface area contributed by atoms with Gasteiger partial charge in [0.1, 0.15) is 11.2 Å². The van der Waals surface area contributed by atoms with Crippen molar-refractivity contribution in [2.75, 3.05) is 43.4 Å². The SMILES string of the molecule is C=CCn1c(=O)c2cnc(Nc3ccc(N4CCN(C)CC4)cc3)nc2n1-c1cccc(-c2ccc(F)cn2)n1. The molecule has 5 heterocycles. The topological polar surface area (TPSA) is 97.0 Å². The molecule has 5 aromatic rings. The number of hydrogen-bond acceptors (Lipinski definition) is 8. The van der Waals surface area contributed by atoms with Crippen LogP contribution in [0.25, 0.3) is 28.2 Å². The van der Waals surface area contributed by atoms with Gasteiger partial charge in [-0.05, 0) is 55.6 Å². The van der Waals surface area contributed by atoms with Gasteiger partial charge in [0.05, 0.1) is 24.1 Å². The molecule has 6 rings (SSSR count). The summed E-state index contributed by atoms with van der Waals surface area (Å²) in [7, 11) is 2.14. The molecule has 0 unspecified atom stereocenters. The van der Waals surface area contributed by atoms with Crippen LogP contribution >= 0.6 is 0 Å². The van der Waals surface area contributed by atoms with Gasteiger partial charge in [-0.25, -0.2) is 23.7 Å². The van der Waals surface area contributed by atoms with E-state index >= 15 is 0 Å². The van der Waals surface area contributed by atoms with Gasteiger partial charge in [-0.1, -0.05) is 12.1 Å². The zero-order chi connectivity index (χ0) is 27.6. The number of piperazine rings is 1. The van der Waals surface area contributed by atoms with Gasteiger partial charge >= 0.3 is 0 Å². The Hall–Kier alpha value is -4.90. The van der Waals surface area contributed by atoms with Crippen LogP contribution < -0.4 is 15.8 Å². The Balaban J connectivity index is 1.35. The molecule has 0 saturated carbocycles. The first-order chi connectivity index (χ1) is 19.5. The minimum absolute atomic E-state index is 0.242. The smallest absolute Gasteiger partial charge is 0.278 e. The second kappa shape index (κ2) is 10.7. The molecule has 11 heteroatoms. The second-order valence-corrected chi connectivity index (χ2v) is 9.62. The number of rotatable bonds is 7. The van der Waals surface area contributed by atoms with Crippen molar-refractivity contribution in [3.63, 3.8) is 0 Å². The maximum Gasteiger partial charge on any atom is 0.278 e. The van der Waals surface area contributed by atoms with Crippen LogP contribution in [0.2, 0.25) is 0 Å². The molecule has 0 spiro atoms. The molecule has 1 aliphatic rings. The van der Waals surface area contributed by atoms with Crippen molar-refractivity contribution in [1.82, 2.24) is 34.2 Å². The minimum atomic E-state index is -0.429. The molecule has 1 aromatic carbocycles. The molecule has 202 valence electrons. The fourth-order valence-corrected chi connectivity index (χ4v) is 4.77. The molecule has 1 saturated heterocycles. The van der Waals surface area contributed by atoms with Crippen molar-refractivity contribution in [3.05, 3.63) is 95.8 Å². The highest BCUT2D eigenvalue weighted by Gasteiger charge is 2.19. The Kier molecular flexibility index (Phi) is 6.79. The number of nitrogens with zero attached hydrogens (tertiary/aromatic N) is 8. The number of nitrogens with one attached hydrogen (secondary N) is 1. The summed E-state index contributed by atoms with van der Waals surface area (Å²) in [5, 5.41) is 3.61. The van der Waals surface area contributed by atoms with Crippen molar-refractivity contribution in [3.8, 4) is 17.2 Å². The van der Waals surface area contributed by atoms with Crippen LogP contribution in [0.5, 0.6) is 0 Å². The summed E-state index contributed by atoms with van der Waals surface area (Å²) in [6, 6.07) is 16.4. The van der Waals surface area contributed by atoms with E-state index < -0.39 is 5.82 Å². The van der Waals surface area contributed by atoms with E-state index in [9.17, 15) is 9.18 Å². The number of likely N-dealkylation sites (N-methyl/N-ethyl adjacent to an activating group) is 1. The third kappa shape index (κ3) is 4.94. The number of hydrogen-bond donors (Lipinski definition) is 1. The summed E-state index contributed by atoms with van der Waals surface area (Å²) >= 11 is 0. The lowest BCUT2D eigenvalue weighted by Gasteiger charge is -2.34. The molecule has 4 aromatic heterocycles. The zero-order valence-corrected chi connectivity index (χ0v) is 22.0. The van der Waals surface area contributed by atoms with Crippen LogP contribution in [0.3, 0.4) is 0 Å². The summed E-state index contributed by atoms with van der Waals surface area (Å²) in [5.74, 6) is 0.376. The third-order valence-corrected chi connectivity index (χ3v) is 6.91. The van der Waals surface area contributed by atoms with E-state index in [1.807, 2.05) is 12.1 Å². The lowest BCUT2D eigenvalue weighted by Crippen LogP contribution is -2.44. The molecule has 10 nitrogen and oxygen atoms in total. The van der Waals surface area contributed by atoms with Gasteiger partial charge in [0.15, 0.2) is 11.5 Å². The number of benzene rings is 1. The normalized spacial score (nSPS) is 14.0. The number of halogens is 1. The van der Waals surface area contributed by atoms with Gasteiger partial charge < -0.3 is 15.1 Å². The van der Waals surface area contributed by atoms with Crippen LogP contribution in [0.4, 0.5) is 21.7 Å². The monoisotopic (exact) mass is 537 g/mol. The molecular formula is C29H28FN9O. The van der Waals surface area contributed by atoms with E-state index in [2.05, 4.69) is 50.8 Å². The summed E-state index contributed by atoms with van der Waals surface area (Å²) in [6.45, 7) is 8.11. The van der Waals surface area contributed by atoms with E-state index in [4.69, 9.17) is 9.97 Å². The highest BCUT2D eigenvalue weighted by atomic mass is 19.1. The Morgan fingerprint density at radius 1 is 0.950 bits per heavy atom. The largest absolute Gasteiger partial charge is 0.369 e. The van der Waals surface area contributed by atoms with Crippen molar-refractivity contribution >= 4 is 28.4 Å². The van der Waals surface area contributed by atoms with Gasteiger partial charge in [0, 0.05) is 43.8 Å². The minimum Gasteiger partial charge on any atom is -0.369 e. The number of fused-ring (bicyclic) bond motifs is 1. The maximum atomic E-state index is 13.4. The first-order valence-electron chi connectivity index (χ1n) is 13.0. The summed E-state index contributed by atoms with van der Waals surface area (Å²) in [5.41, 5.74) is 3.19. The third-order valence-electron chi connectivity index (χ3n) is 6.91. The Morgan fingerprint density at radius 3 is 2.48 bits per heavy atom. The van der Waals surface area contributed by atoms with Crippen LogP contribution in [0, 0.1) is 5.82 Å². The zero-order valence-electron chi connectivity index (χ0n) is 22.0. The molecule has 0 amide bonds. The average molecular weight is 538 g/mol. The Morgan fingerprint density at radius 2 is 1.75 bits per heavy atom. The molecule has 1 aliphatic heterocycles. The number of pyridine rings is 2. The Bertz CT molecular complexity index is 1720. The molecule has 1 N–H and O–H groups in total. The van der Waals surface area contributed by atoms with E-state index in [-0.39, 0.29) is 12.1 Å².